The first-order valence-corrected chi connectivity index (χ1v) is 8.60. The molecule has 0 spiro atoms. The molecule has 0 aliphatic rings. The Hall–Kier alpha value is -2.11. The van der Waals surface area contributed by atoms with Gasteiger partial charge in [0.1, 0.15) is 5.82 Å². The Morgan fingerprint density at radius 1 is 1.04 bits per heavy atom. The Morgan fingerprint density at radius 3 is 2.19 bits per heavy atom. The van der Waals surface area contributed by atoms with Gasteiger partial charge >= 0.3 is 5.97 Å². The summed E-state index contributed by atoms with van der Waals surface area (Å²) in [6.07, 6.45) is -1.10. The average molecular weight is 398 g/mol. The number of hydrogen-bond acceptors (Lipinski definition) is 3. The number of hydrogen-bond donors (Lipinski definition) is 1. The van der Waals surface area contributed by atoms with Crippen molar-refractivity contribution in [3.63, 3.8) is 0 Å². The Balaban J connectivity index is 2.12. The van der Waals surface area contributed by atoms with Crippen LogP contribution < -0.4 is 5.32 Å². The van der Waals surface area contributed by atoms with E-state index in [4.69, 9.17) is 27.9 Å². The Morgan fingerprint density at radius 2 is 1.62 bits per heavy atom. The van der Waals surface area contributed by atoms with Crippen LogP contribution in [-0.2, 0) is 9.53 Å². The normalized spacial score (nSPS) is 11.8. The van der Waals surface area contributed by atoms with Crippen molar-refractivity contribution < 1.29 is 18.7 Å². The van der Waals surface area contributed by atoms with E-state index in [-0.39, 0.29) is 15.6 Å². The van der Waals surface area contributed by atoms with Crippen LogP contribution in [0.3, 0.4) is 0 Å². The first-order chi connectivity index (χ1) is 12.1. The number of amides is 1. The molecule has 0 aliphatic carbocycles. The van der Waals surface area contributed by atoms with Gasteiger partial charge in [0, 0.05) is 5.69 Å². The lowest BCUT2D eigenvalue weighted by atomic mass is 10.0. The quantitative estimate of drug-likeness (QED) is 0.566. The van der Waals surface area contributed by atoms with E-state index in [0.29, 0.717) is 5.69 Å². The van der Waals surface area contributed by atoms with Crippen LogP contribution in [0.25, 0.3) is 0 Å². The summed E-state index contributed by atoms with van der Waals surface area (Å²) in [5.74, 6) is -2.21. The van der Waals surface area contributed by atoms with Gasteiger partial charge in [-0.1, -0.05) is 40.9 Å². The molecule has 0 aromatic heterocycles. The van der Waals surface area contributed by atoms with Gasteiger partial charge in [-0.25, -0.2) is 9.18 Å². The van der Waals surface area contributed by atoms with Crippen LogP contribution in [-0.4, -0.2) is 18.0 Å². The predicted molar refractivity (Wildman–Crippen MR) is 101 cm³/mol. The molecule has 2 aromatic rings. The number of rotatable bonds is 4. The zero-order valence-electron chi connectivity index (χ0n) is 14.7. The lowest BCUT2D eigenvalue weighted by Crippen LogP contribution is -2.30. The molecule has 0 bridgehead atoms. The van der Waals surface area contributed by atoms with Crippen molar-refractivity contribution >= 4 is 40.8 Å². The highest BCUT2D eigenvalue weighted by Gasteiger charge is 2.22. The largest absolute Gasteiger partial charge is 0.449 e. The molecule has 0 unspecified atom stereocenters. The SMILES string of the molecule is Cc1cc(C)c(NC(=O)[C@H](C)OC(=O)c2cc(F)c(Cl)cc2Cl)c(C)c1. The number of aryl methyl sites for hydroxylation is 3. The topological polar surface area (TPSA) is 55.4 Å². The van der Waals surface area contributed by atoms with Crippen molar-refractivity contribution in [3.05, 3.63) is 62.4 Å². The highest BCUT2D eigenvalue weighted by Crippen LogP contribution is 2.26. The van der Waals surface area contributed by atoms with Gasteiger partial charge in [0.15, 0.2) is 6.10 Å². The molecule has 4 nitrogen and oxygen atoms in total. The molecule has 26 heavy (non-hydrogen) atoms. The molecule has 2 rings (SSSR count). The van der Waals surface area contributed by atoms with Gasteiger partial charge in [-0.2, -0.15) is 0 Å². The highest BCUT2D eigenvalue weighted by atomic mass is 35.5. The third-order valence-electron chi connectivity index (χ3n) is 3.81. The monoisotopic (exact) mass is 397 g/mol. The van der Waals surface area contributed by atoms with E-state index in [1.807, 2.05) is 32.9 Å². The number of carbonyl (C=O) groups is 2. The van der Waals surface area contributed by atoms with Gasteiger partial charge in [0.05, 0.1) is 15.6 Å². The number of ether oxygens (including phenoxy) is 1. The molecule has 0 heterocycles. The summed E-state index contributed by atoms with van der Waals surface area (Å²) < 4.78 is 18.7. The van der Waals surface area contributed by atoms with Crippen molar-refractivity contribution in [2.24, 2.45) is 0 Å². The highest BCUT2D eigenvalue weighted by molar-refractivity contribution is 6.36. The molecule has 1 amide bonds. The molecule has 1 atom stereocenters. The van der Waals surface area contributed by atoms with E-state index >= 15 is 0 Å². The first-order valence-electron chi connectivity index (χ1n) is 7.84. The fraction of sp³-hybridized carbons (Fsp3) is 0.263. The summed E-state index contributed by atoms with van der Waals surface area (Å²) in [5.41, 5.74) is 3.35. The summed E-state index contributed by atoms with van der Waals surface area (Å²) >= 11 is 11.5. The van der Waals surface area contributed by atoms with Gasteiger partial charge < -0.3 is 10.1 Å². The van der Waals surface area contributed by atoms with Crippen LogP contribution in [0.2, 0.25) is 10.0 Å². The Labute approximate surface area is 161 Å². The van der Waals surface area contributed by atoms with E-state index in [2.05, 4.69) is 5.32 Å². The van der Waals surface area contributed by atoms with E-state index in [9.17, 15) is 14.0 Å². The summed E-state index contributed by atoms with van der Waals surface area (Å²) in [5, 5.41) is 2.49. The predicted octanol–water partition coefficient (Wildman–Crippen LogP) is 5.24. The van der Waals surface area contributed by atoms with E-state index in [1.54, 1.807) is 0 Å². The number of esters is 1. The number of anilines is 1. The van der Waals surface area contributed by atoms with Crippen LogP contribution in [0.1, 0.15) is 34.0 Å². The standard InChI is InChI=1S/C19H18Cl2FNO3/c1-9-5-10(2)17(11(3)6-9)23-18(24)12(4)26-19(25)13-7-16(22)15(21)8-14(13)20/h5-8,12H,1-4H3,(H,23,24)/t12-/m0/s1. The molecule has 7 heteroatoms. The third-order valence-corrected chi connectivity index (χ3v) is 4.41. The van der Waals surface area contributed by atoms with Crippen molar-refractivity contribution in [2.75, 3.05) is 5.32 Å². The number of carbonyl (C=O) groups excluding carboxylic acids is 2. The molecule has 138 valence electrons. The number of halogens is 3. The van der Waals surface area contributed by atoms with Crippen molar-refractivity contribution in [1.29, 1.82) is 0 Å². The molecular weight excluding hydrogens is 380 g/mol. The minimum Gasteiger partial charge on any atom is -0.449 e. The second-order valence-corrected chi connectivity index (χ2v) is 6.87. The second-order valence-electron chi connectivity index (χ2n) is 6.06. The van der Waals surface area contributed by atoms with Gasteiger partial charge in [0.25, 0.3) is 5.91 Å². The molecule has 0 saturated carbocycles. The molecule has 0 saturated heterocycles. The van der Waals surface area contributed by atoms with Gasteiger partial charge in [0.2, 0.25) is 0 Å². The second kappa shape index (κ2) is 8.06. The fourth-order valence-electron chi connectivity index (χ4n) is 2.56. The van der Waals surface area contributed by atoms with E-state index in [0.717, 1.165) is 28.8 Å². The zero-order chi connectivity index (χ0) is 19.6. The van der Waals surface area contributed by atoms with Crippen LogP contribution in [0, 0.1) is 26.6 Å². The van der Waals surface area contributed by atoms with E-state index in [1.165, 1.54) is 6.92 Å². The maximum absolute atomic E-state index is 13.5. The third kappa shape index (κ3) is 4.54. The van der Waals surface area contributed by atoms with Crippen LogP contribution >= 0.6 is 23.2 Å². The van der Waals surface area contributed by atoms with Crippen molar-refractivity contribution in [2.45, 2.75) is 33.8 Å². The maximum Gasteiger partial charge on any atom is 0.340 e. The van der Waals surface area contributed by atoms with Crippen LogP contribution in [0.4, 0.5) is 10.1 Å². The molecule has 1 N–H and O–H groups in total. The fourth-order valence-corrected chi connectivity index (χ4v) is 3.02. The Bertz CT molecular complexity index is 860. The van der Waals surface area contributed by atoms with Crippen molar-refractivity contribution in [1.82, 2.24) is 0 Å². The molecule has 2 aromatic carbocycles. The number of nitrogens with one attached hydrogen (secondary N) is 1. The molecule has 0 radical (unpaired) electrons. The zero-order valence-corrected chi connectivity index (χ0v) is 16.3. The summed E-state index contributed by atoms with van der Waals surface area (Å²) in [4.78, 5) is 24.5. The summed E-state index contributed by atoms with van der Waals surface area (Å²) in [7, 11) is 0. The molecule has 0 aliphatic heterocycles. The lowest BCUT2D eigenvalue weighted by Gasteiger charge is -2.17. The minimum absolute atomic E-state index is 0.0563. The molecule has 0 fully saturated rings. The average Bonchev–Trinajstić information content (AvgIpc) is 2.53. The lowest BCUT2D eigenvalue weighted by molar-refractivity contribution is -0.123. The number of benzene rings is 2. The van der Waals surface area contributed by atoms with Gasteiger partial charge in [-0.05, 0) is 51.0 Å². The van der Waals surface area contributed by atoms with E-state index < -0.39 is 23.8 Å². The summed E-state index contributed by atoms with van der Waals surface area (Å²) in [6, 6.07) is 5.87. The molecular formula is C19H18Cl2FNO3. The van der Waals surface area contributed by atoms with Gasteiger partial charge in [-0.15, -0.1) is 0 Å². The van der Waals surface area contributed by atoms with Crippen LogP contribution in [0.5, 0.6) is 0 Å². The minimum atomic E-state index is -1.10. The Kier molecular flexibility index (Phi) is 6.26. The van der Waals surface area contributed by atoms with Crippen LogP contribution in [0.15, 0.2) is 24.3 Å². The first kappa shape index (κ1) is 20.2. The van der Waals surface area contributed by atoms with Crippen molar-refractivity contribution in [3.8, 4) is 0 Å². The summed E-state index contributed by atoms with van der Waals surface area (Å²) in [6.45, 7) is 7.14. The van der Waals surface area contributed by atoms with Gasteiger partial charge in [-0.3, -0.25) is 4.79 Å². The smallest absolute Gasteiger partial charge is 0.340 e. The maximum atomic E-state index is 13.5.